The third kappa shape index (κ3) is 10.0. The van der Waals surface area contributed by atoms with Gasteiger partial charge in [0.2, 0.25) is 23.7 Å². The number of amides is 3. The zero-order chi connectivity index (χ0) is 41.6. The molecule has 3 amide bonds. The first-order chi connectivity index (χ1) is 29.1. The van der Waals surface area contributed by atoms with E-state index in [9.17, 15) is 23.6 Å². The molecular weight excluding hydrogens is 769 g/mol. The number of nitrogens with one attached hydrogen (secondary N) is 4. The molecule has 4 aliphatic rings. The Kier molecular flexibility index (Phi) is 12.8. The second-order valence-corrected chi connectivity index (χ2v) is 16.8. The average Bonchev–Trinajstić information content (AvgIpc) is 3.26. The summed E-state index contributed by atoms with van der Waals surface area (Å²) in [5.41, 5.74) is 2.21. The van der Waals surface area contributed by atoms with Gasteiger partial charge in [0.25, 0.3) is 5.56 Å². The van der Waals surface area contributed by atoms with Crippen LogP contribution in [-0.4, -0.2) is 88.5 Å². The standard InChI is InChI=1S/C45H53F2N9O4/c46-36-25-34(50-38-16-18-40(57)52-44(38)60)15-17-39(36)55-22-20-54(21-23-55)28-30-9-7-29(8-10-30)26-48-43(59)31-11-13-33(14-12-31)51-45-49-27-37(47)42(53-45)32-4-3-5-35(24-32)56-19-2-1-6-41(56)58/h1-6,15,17,19,24-25,27,29-31,33,38,50H,7-14,16,18,20-23,26,28H2,(H,48,59)(H,49,51,53)(H,52,57,60). The van der Waals surface area contributed by atoms with E-state index in [0.717, 1.165) is 84.1 Å². The van der Waals surface area contributed by atoms with Crippen LogP contribution in [0.3, 0.4) is 0 Å². The fourth-order valence-electron chi connectivity index (χ4n) is 9.19. The largest absolute Gasteiger partial charge is 0.374 e. The van der Waals surface area contributed by atoms with E-state index in [1.165, 1.54) is 22.9 Å². The van der Waals surface area contributed by atoms with Crippen molar-refractivity contribution in [2.45, 2.75) is 76.3 Å². The van der Waals surface area contributed by atoms with E-state index >= 15 is 4.39 Å². The van der Waals surface area contributed by atoms with Crippen LogP contribution >= 0.6 is 0 Å². The summed E-state index contributed by atoms with van der Waals surface area (Å²) in [5, 5.41) is 12.0. The molecule has 0 radical (unpaired) electrons. The molecule has 2 aliphatic heterocycles. The van der Waals surface area contributed by atoms with Crippen molar-refractivity contribution in [1.29, 1.82) is 0 Å². The van der Waals surface area contributed by atoms with E-state index in [2.05, 4.69) is 41.0 Å². The van der Waals surface area contributed by atoms with E-state index in [1.54, 1.807) is 54.7 Å². The van der Waals surface area contributed by atoms with Crippen LogP contribution in [0.1, 0.15) is 64.2 Å². The molecule has 2 saturated carbocycles. The highest BCUT2D eigenvalue weighted by molar-refractivity contribution is 6.01. The molecule has 1 atom stereocenters. The maximum absolute atomic E-state index is 15.2. The number of hydrogen-bond donors (Lipinski definition) is 4. The number of halogens is 2. The fourth-order valence-corrected chi connectivity index (χ4v) is 9.19. The summed E-state index contributed by atoms with van der Waals surface area (Å²) in [6.45, 7) is 4.97. The van der Waals surface area contributed by atoms with Gasteiger partial charge in [-0.2, -0.15) is 0 Å². The molecule has 13 nitrogen and oxygen atoms in total. The second-order valence-electron chi connectivity index (χ2n) is 16.8. The number of rotatable bonds is 12. The molecule has 4 heterocycles. The van der Waals surface area contributed by atoms with Gasteiger partial charge in [0.05, 0.1) is 11.9 Å². The zero-order valence-corrected chi connectivity index (χ0v) is 33.8. The number of nitrogens with zero attached hydrogens (tertiary/aromatic N) is 5. The number of carbonyl (C=O) groups is 3. The van der Waals surface area contributed by atoms with Crippen molar-refractivity contribution < 1.29 is 23.2 Å². The van der Waals surface area contributed by atoms with Gasteiger partial charge in [-0.3, -0.25) is 34.0 Å². The fraction of sp³-hybridized carbons (Fsp3) is 0.467. The Morgan fingerprint density at radius 1 is 0.800 bits per heavy atom. The van der Waals surface area contributed by atoms with Gasteiger partial charge in [0, 0.05) is 86.9 Å². The first-order valence-corrected chi connectivity index (χ1v) is 21.4. The normalized spacial score (nSPS) is 23.8. The Bertz CT molecular complexity index is 2230. The summed E-state index contributed by atoms with van der Waals surface area (Å²) < 4.78 is 31.6. The lowest BCUT2D eigenvalue weighted by Crippen LogP contribution is -2.48. The molecule has 2 saturated heterocycles. The summed E-state index contributed by atoms with van der Waals surface area (Å²) in [6, 6.07) is 16.5. The Labute approximate surface area is 348 Å². The molecule has 4 aromatic rings. The first kappa shape index (κ1) is 41.1. The van der Waals surface area contributed by atoms with Crippen molar-refractivity contribution in [3.05, 3.63) is 95.0 Å². The van der Waals surface area contributed by atoms with Crippen LogP contribution in [0.15, 0.2) is 77.9 Å². The lowest BCUT2D eigenvalue weighted by atomic mass is 9.81. The number of hydrogen-bond acceptors (Lipinski definition) is 10. The van der Waals surface area contributed by atoms with E-state index in [0.29, 0.717) is 53.4 Å². The highest BCUT2D eigenvalue weighted by atomic mass is 19.1. The Morgan fingerprint density at radius 3 is 2.33 bits per heavy atom. The molecule has 2 aromatic heterocycles. The second kappa shape index (κ2) is 18.7. The van der Waals surface area contributed by atoms with Gasteiger partial charge in [-0.05, 0) is 106 Å². The quantitative estimate of drug-likeness (QED) is 0.135. The average molecular weight is 822 g/mol. The molecular formula is C45H53F2N9O4. The van der Waals surface area contributed by atoms with Crippen LogP contribution in [0.2, 0.25) is 0 Å². The van der Waals surface area contributed by atoms with Crippen LogP contribution in [0.25, 0.3) is 16.9 Å². The van der Waals surface area contributed by atoms with Crippen LogP contribution in [0.5, 0.6) is 0 Å². The maximum atomic E-state index is 15.2. The summed E-state index contributed by atoms with van der Waals surface area (Å²) in [7, 11) is 0. The molecule has 1 unspecified atom stereocenters. The summed E-state index contributed by atoms with van der Waals surface area (Å²) in [6.07, 6.45) is 11.0. The van der Waals surface area contributed by atoms with E-state index in [4.69, 9.17) is 0 Å². The number of imide groups is 1. The molecule has 8 rings (SSSR count). The van der Waals surface area contributed by atoms with Crippen molar-refractivity contribution in [1.82, 2.24) is 30.1 Å². The summed E-state index contributed by atoms with van der Waals surface area (Å²) in [4.78, 5) is 62.4. The van der Waals surface area contributed by atoms with Crippen LogP contribution in [-0.2, 0) is 14.4 Å². The SMILES string of the molecule is O=C1CCC(Nc2ccc(N3CCN(CC4CCC(CNC(=O)C5CCC(Nc6ncc(F)c(-c7cccc(-n8ccccc8=O)c7)n6)CC5)CC4)CC3)c(F)c2)C(=O)N1. The summed E-state index contributed by atoms with van der Waals surface area (Å²) >= 11 is 0. The van der Waals surface area contributed by atoms with Crippen LogP contribution < -0.4 is 31.7 Å². The molecule has 0 bridgehead atoms. The third-order valence-electron chi connectivity index (χ3n) is 12.7. The Morgan fingerprint density at radius 2 is 1.58 bits per heavy atom. The molecule has 4 fully saturated rings. The minimum atomic E-state index is -0.553. The van der Waals surface area contributed by atoms with Gasteiger partial charge in [0.1, 0.15) is 17.6 Å². The number of anilines is 3. The van der Waals surface area contributed by atoms with Gasteiger partial charge >= 0.3 is 0 Å². The van der Waals surface area contributed by atoms with Crippen molar-refractivity contribution in [3.8, 4) is 16.9 Å². The molecule has 2 aliphatic carbocycles. The lowest BCUT2D eigenvalue weighted by molar-refractivity contribution is -0.133. The van der Waals surface area contributed by atoms with Crippen molar-refractivity contribution in [2.24, 2.45) is 17.8 Å². The number of pyridine rings is 1. The summed E-state index contributed by atoms with van der Waals surface area (Å²) in [5.74, 6) is -0.0145. The number of benzene rings is 2. The molecule has 4 N–H and O–H groups in total. The highest BCUT2D eigenvalue weighted by Crippen LogP contribution is 2.32. The molecule has 15 heteroatoms. The third-order valence-corrected chi connectivity index (χ3v) is 12.7. The van der Waals surface area contributed by atoms with Crippen molar-refractivity contribution >= 4 is 35.0 Å². The first-order valence-electron chi connectivity index (χ1n) is 21.4. The number of piperidine rings is 1. The maximum Gasteiger partial charge on any atom is 0.255 e. The smallest absolute Gasteiger partial charge is 0.255 e. The molecule has 0 spiro atoms. The zero-order valence-electron chi connectivity index (χ0n) is 33.8. The molecule has 60 heavy (non-hydrogen) atoms. The van der Waals surface area contributed by atoms with Gasteiger partial charge in [-0.15, -0.1) is 0 Å². The predicted molar refractivity (Wildman–Crippen MR) is 226 cm³/mol. The lowest BCUT2D eigenvalue weighted by Gasteiger charge is -2.39. The number of aromatic nitrogens is 3. The van der Waals surface area contributed by atoms with Crippen molar-refractivity contribution in [3.63, 3.8) is 0 Å². The minimum absolute atomic E-state index is 0.0344. The Hall–Kier alpha value is -5.70. The van der Waals surface area contributed by atoms with Gasteiger partial charge in [0.15, 0.2) is 5.82 Å². The van der Waals surface area contributed by atoms with E-state index in [-0.39, 0.29) is 53.2 Å². The monoisotopic (exact) mass is 821 g/mol. The van der Waals surface area contributed by atoms with Gasteiger partial charge in [-0.1, -0.05) is 18.2 Å². The minimum Gasteiger partial charge on any atom is -0.374 e. The van der Waals surface area contributed by atoms with E-state index < -0.39 is 11.9 Å². The van der Waals surface area contributed by atoms with E-state index in [1.807, 2.05) is 0 Å². The molecule has 316 valence electrons. The number of carbonyl (C=O) groups excluding carboxylic acids is 3. The van der Waals surface area contributed by atoms with Crippen molar-refractivity contribution in [2.75, 3.05) is 54.8 Å². The van der Waals surface area contributed by atoms with Crippen LogP contribution in [0, 0.1) is 29.4 Å². The van der Waals surface area contributed by atoms with Crippen LogP contribution in [0.4, 0.5) is 26.1 Å². The molecule has 2 aromatic carbocycles. The highest BCUT2D eigenvalue weighted by Gasteiger charge is 2.30. The number of piperazine rings is 1. The van der Waals surface area contributed by atoms with Gasteiger partial charge < -0.3 is 20.9 Å². The predicted octanol–water partition coefficient (Wildman–Crippen LogP) is 5.51. The Balaban J connectivity index is 0.726. The topological polar surface area (TPSA) is 154 Å². The van der Waals surface area contributed by atoms with Gasteiger partial charge in [-0.25, -0.2) is 18.7 Å².